The van der Waals surface area contributed by atoms with Gasteiger partial charge in [0.15, 0.2) is 0 Å². The molecule has 0 saturated carbocycles. The average Bonchev–Trinajstić information content (AvgIpc) is 2.66. The predicted molar refractivity (Wildman–Crippen MR) is 116 cm³/mol. The normalized spacial score (nSPS) is 11.8. The van der Waals surface area contributed by atoms with Gasteiger partial charge in [-0.1, -0.05) is 50.1 Å². The SMILES string of the molecule is CC/C=C/C(=O)Nc1cc(-c2cnc(C)c(/C(C)=C\CCC)c2)ccc1Cl. The number of hydrogen-bond acceptors (Lipinski definition) is 2. The monoisotopic (exact) mass is 382 g/mol. The Hall–Kier alpha value is -2.39. The molecular weight excluding hydrogens is 356 g/mol. The van der Waals surface area contributed by atoms with Crippen molar-refractivity contribution in [1.82, 2.24) is 4.98 Å². The largest absolute Gasteiger partial charge is 0.321 e. The van der Waals surface area contributed by atoms with Crippen molar-refractivity contribution in [3.05, 3.63) is 65.0 Å². The second-order valence-electron chi connectivity index (χ2n) is 6.53. The quantitative estimate of drug-likeness (QED) is 0.534. The van der Waals surface area contributed by atoms with Crippen LogP contribution in [0, 0.1) is 6.92 Å². The Morgan fingerprint density at radius 3 is 2.70 bits per heavy atom. The molecule has 0 aliphatic rings. The third-order valence-electron chi connectivity index (χ3n) is 4.31. The van der Waals surface area contributed by atoms with Crippen molar-refractivity contribution in [3.8, 4) is 11.1 Å². The summed E-state index contributed by atoms with van der Waals surface area (Å²) < 4.78 is 0. The smallest absolute Gasteiger partial charge is 0.248 e. The number of anilines is 1. The molecule has 0 radical (unpaired) electrons. The molecule has 0 spiro atoms. The fourth-order valence-electron chi connectivity index (χ4n) is 2.76. The van der Waals surface area contributed by atoms with E-state index in [4.69, 9.17) is 11.6 Å². The number of allylic oxidation sites excluding steroid dienone is 3. The molecule has 1 aromatic carbocycles. The zero-order chi connectivity index (χ0) is 19.8. The summed E-state index contributed by atoms with van der Waals surface area (Å²) in [5, 5.41) is 3.35. The summed E-state index contributed by atoms with van der Waals surface area (Å²) in [7, 11) is 0. The van der Waals surface area contributed by atoms with Crippen LogP contribution in [0.1, 0.15) is 51.3 Å². The second kappa shape index (κ2) is 10.1. The molecule has 2 rings (SSSR count). The topological polar surface area (TPSA) is 42.0 Å². The highest BCUT2D eigenvalue weighted by Crippen LogP contribution is 2.31. The van der Waals surface area contributed by atoms with E-state index in [1.807, 2.05) is 38.3 Å². The number of carbonyl (C=O) groups is 1. The first-order valence-electron chi connectivity index (χ1n) is 9.37. The van der Waals surface area contributed by atoms with Crippen LogP contribution in [0.15, 0.2) is 48.7 Å². The lowest BCUT2D eigenvalue weighted by Crippen LogP contribution is -2.08. The van der Waals surface area contributed by atoms with Crippen molar-refractivity contribution in [1.29, 1.82) is 0 Å². The molecule has 0 atom stereocenters. The molecule has 0 saturated heterocycles. The molecule has 0 fully saturated rings. The first kappa shape index (κ1) is 20.9. The lowest BCUT2D eigenvalue weighted by Gasteiger charge is -2.11. The van der Waals surface area contributed by atoms with Crippen LogP contribution in [0.5, 0.6) is 0 Å². The maximum atomic E-state index is 12.0. The Balaban J connectivity index is 2.37. The number of aryl methyl sites for hydroxylation is 1. The van der Waals surface area contributed by atoms with Crippen molar-refractivity contribution >= 4 is 28.8 Å². The number of aromatic nitrogens is 1. The Morgan fingerprint density at radius 2 is 2.00 bits per heavy atom. The van der Waals surface area contributed by atoms with Crippen molar-refractivity contribution in [2.24, 2.45) is 0 Å². The molecule has 0 unspecified atom stereocenters. The molecule has 0 aliphatic heterocycles. The summed E-state index contributed by atoms with van der Waals surface area (Å²) in [4.78, 5) is 16.5. The molecular formula is C23H27ClN2O. The van der Waals surface area contributed by atoms with Gasteiger partial charge in [-0.2, -0.15) is 0 Å². The zero-order valence-electron chi connectivity index (χ0n) is 16.5. The van der Waals surface area contributed by atoms with Gasteiger partial charge in [0.1, 0.15) is 0 Å². The van der Waals surface area contributed by atoms with Crippen molar-refractivity contribution in [2.45, 2.75) is 47.0 Å². The van der Waals surface area contributed by atoms with Gasteiger partial charge in [-0.15, -0.1) is 0 Å². The summed E-state index contributed by atoms with van der Waals surface area (Å²) in [6.07, 6.45) is 10.4. The highest BCUT2D eigenvalue weighted by molar-refractivity contribution is 6.34. The molecule has 142 valence electrons. The molecule has 1 heterocycles. The van der Waals surface area contributed by atoms with Crippen LogP contribution in [0.4, 0.5) is 5.69 Å². The van der Waals surface area contributed by atoms with E-state index in [-0.39, 0.29) is 5.91 Å². The van der Waals surface area contributed by atoms with E-state index >= 15 is 0 Å². The first-order chi connectivity index (χ1) is 13.0. The van der Waals surface area contributed by atoms with Gasteiger partial charge in [0.2, 0.25) is 5.91 Å². The fraction of sp³-hybridized carbons (Fsp3) is 0.304. The number of nitrogens with zero attached hydrogens (tertiary/aromatic N) is 1. The molecule has 1 amide bonds. The molecule has 4 heteroatoms. The summed E-state index contributed by atoms with van der Waals surface area (Å²) in [5.74, 6) is -0.183. The minimum atomic E-state index is -0.183. The summed E-state index contributed by atoms with van der Waals surface area (Å²) in [6.45, 7) is 8.30. The lowest BCUT2D eigenvalue weighted by molar-refractivity contribution is -0.111. The number of pyridine rings is 1. The minimum absolute atomic E-state index is 0.183. The second-order valence-corrected chi connectivity index (χ2v) is 6.93. The predicted octanol–water partition coefficient (Wildman–Crippen LogP) is 6.82. The Bertz CT molecular complexity index is 869. The number of nitrogens with one attached hydrogen (secondary N) is 1. The summed E-state index contributed by atoms with van der Waals surface area (Å²) in [5.41, 5.74) is 5.95. The number of hydrogen-bond donors (Lipinski definition) is 1. The average molecular weight is 383 g/mol. The summed E-state index contributed by atoms with van der Waals surface area (Å²) in [6, 6.07) is 7.79. The minimum Gasteiger partial charge on any atom is -0.321 e. The molecule has 1 aromatic heterocycles. The zero-order valence-corrected chi connectivity index (χ0v) is 17.2. The van der Waals surface area contributed by atoms with Crippen LogP contribution >= 0.6 is 11.6 Å². The number of benzene rings is 1. The molecule has 0 aliphatic carbocycles. The lowest BCUT2D eigenvalue weighted by atomic mass is 9.99. The van der Waals surface area contributed by atoms with Gasteiger partial charge in [-0.25, -0.2) is 0 Å². The number of unbranched alkanes of at least 4 members (excludes halogenated alkanes) is 1. The van der Waals surface area contributed by atoms with E-state index in [1.54, 1.807) is 6.07 Å². The van der Waals surface area contributed by atoms with Crippen LogP contribution in [-0.4, -0.2) is 10.9 Å². The third kappa shape index (κ3) is 5.80. The number of amides is 1. The van der Waals surface area contributed by atoms with Crippen LogP contribution in [0.3, 0.4) is 0 Å². The maximum Gasteiger partial charge on any atom is 0.248 e. The van der Waals surface area contributed by atoms with Gasteiger partial charge in [-0.05, 0) is 67.7 Å². The molecule has 27 heavy (non-hydrogen) atoms. The fourth-order valence-corrected chi connectivity index (χ4v) is 2.93. The number of rotatable bonds is 7. The van der Waals surface area contributed by atoms with E-state index in [0.29, 0.717) is 10.7 Å². The standard InChI is InChI=1S/C23H27ClN2O/c1-5-7-9-16(3)20-13-19(15-25-17(20)4)18-11-12-21(24)22(14-18)26-23(27)10-8-6-2/h8-15H,5-7H2,1-4H3,(H,26,27)/b10-8+,16-9-. The Labute approximate surface area is 167 Å². The highest BCUT2D eigenvalue weighted by atomic mass is 35.5. The Kier molecular flexibility index (Phi) is 7.81. The van der Waals surface area contributed by atoms with Crippen molar-refractivity contribution in [2.75, 3.05) is 5.32 Å². The van der Waals surface area contributed by atoms with E-state index < -0.39 is 0 Å². The number of halogens is 1. The van der Waals surface area contributed by atoms with Crippen LogP contribution in [-0.2, 0) is 4.79 Å². The Morgan fingerprint density at radius 1 is 1.22 bits per heavy atom. The highest BCUT2D eigenvalue weighted by Gasteiger charge is 2.09. The molecule has 0 bridgehead atoms. The van der Waals surface area contributed by atoms with Crippen molar-refractivity contribution in [3.63, 3.8) is 0 Å². The molecule has 1 N–H and O–H groups in total. The van der Waals surface area contributed by atoms with Gasteiger partial charge < -0.3 is 5.32 Å². The first-order valence-corrected chi connectivity index (χ1v) is 9.75. The van der Waals surface area contributed by atoms with Gasteiger partial charge in [0, 0.05) is 17.5 Å². The number of carbonyl (C=O) groups excluding carboxylic acids is 1. The van der Waals surface area contributed by atoms with Gasteiger partial charge in [0.25, 0.3) is 0 Å². The maximum absolute atomic E-state index is 12.0. The van der Waals surface area contributed by atoms with Crippen LogP contribution < -0.4 is 5.32 Å². The van der Waals surface area contributed by atoms with E-state index in [1.165, 1.54) is 11.6 Å². The summed E-state index contributed by atoms with van der Waals surface area (Å²) >= 11 is 6.26. The van der Waals surface area contributed by atoms with Gasteiger partial charge in [0.05, 0.1) is 10.7 Å². The van der Waals surface area contributed by atoms with Crippen molar-refractivity contribution < 1.29 is 4.79 Å². The van der Waals surface area contributed by atoms with E-state index in [0.717, 1.165) is 41.6 Å². The van der Waals surface area contributed by atoms with E-state index in [9.17, 15) is 4.79 Å². The van der Waals surface area contributed by atoms with Crippen LogP contribution in [0.25, 0.3) is 16.7 Å². The van der Waals surface area contributed by atoms with E-state index in [2.05, 4.69) is 36.3 Å². The van der Waals surface area contributed by atoms with Crippen LogP contribution in [0.2, 0.25) is 5.02 Å². The molecule has 3 nitrogen and oxygen atoms in total. The third-order valence-corrected chi connectivity index (χ3v) is 4.64. The molecule has 2 aromatic rings. The van der Waals surface area contributed by atoms with Gasteiger partial charge in [-0.3, -0.25) is 9.78 Å². The van der Waals surface area contributed by atoms with Gasteiger partial charge >= 0.3 is 0 Å².